The fourth-order valence-corrected chi connectivity index (χ4v) is 6.42. The number of nitrogens with zero attached hydrogens (tertiary/aromatic N) is 4. The zero-order valence-electron chi connectivity index (χ0n) is 25.0. The molecule has 41 heavy (non-hydrogen) atoms. The van der Waals surface area contributed by atoms with Gasteiger partial charge >= 0.3 is 0 Å². The number of hydrogen-bond donors (Lipinski definition) is 0. The quantitative estimate of drug-likeness (QED) is 0.161. The molecule has 5 nitrogen and oxygen atoms in total. The minimum atomic E-state index is 0. The Labute approximate surface area is 275 Å². The van der Waals surface area contributed by atoms with Crippen molar-refractivity contribution in [1.82, 2.24) is 4.90 Å². The van der Waals surface area contributed by atoms with Crippen LogP contribution in [0.25, 0.3) is 22.7 Å². The van der Waals surface area contributed by atoms with Crippen molar-refractivity contribution in [2.24, 2.45) is 0 Å². The molecule has 0 N–H and O–H groups in total. The molecule has 7 heteroatoms. The van der Waals surface area contributed by atoms with E-state index in [4.69, 9.17) is 4.74 Å². The van der Waals surface area contributed by atoms with Crippen molar-refractivity contribution in [2.75, 3.05) is 57.7 Å². The zero-order chi connectivity index (χ0) is 28.1. The average Bonchev–Trinajstić information content (AvgIpc) is 3.29. The molecule has 0 aliphatic carbocycles. The smallest absolute Gasteiger partial charge is 0.282 e. The molecule has 3 aromatic carbocycles. The number of para-hydroxylation sites is 2. The average molecular weight is 643 g/mol. The Morgan fingerprint density at radius 1 is 0.902 bits per heavy atom. The Balaban J connectivity index is 0.00000387. The van der Waals surface area contributed by atoms with Gasteiger partial charge in [-0.1, -0.05) is 55.4 Å². The molecule has 0 unspecified atom stereocenters. The Kier molecular flexibility index (Phi) is 11.3. The van der Waals surface area contributed by atoms with Crippen LogP contribution in [0.4, 0.5) is 11.5 Å². The number of fused-ring (bicyclic) bond motifs is 2. The van der Waals surface area contributed by atoms with E-state index in [9.17, 15) is 0 Å². The van der Waals surface area contributed by atoms with Gasteiger partial charge in [0, 0.05) is 68.7 Å². The Hall–Kier alpha value is -2.38. The van der Waals surface area contributed by atoms with Crippen molar-refractivity contribution in [3.63, 3.8) is 0 Å². The van der Waals surface area contributed by atoms with Crippen molar-refractivity contribution in [1.29, 1.82) is 0 Å². The first-order valence-corrected chi connectivity index (χ1v) is 15.1. The normalized spacial score (nSPS) is 13.5. The third kappa shape index (κ3) is 7.17. The molecule has 0 fully saturated rings. The Morgan fingerprint density at radius 2 is 1.63 bits per heavy atom. The minimum Gasteiger partial charge on any atom is -0.497 e. The van der Waals surface area contributed by atoms with Gasteiger partial charge < -0.3 is 14.5 Å². The second-order valence-electron chi connectivity index (χ2n) is 10.6. The predicted molar refractivity (Wildman–Crippen MR) is 171 cm³/mol. The van der Waals surface area contributed by atoms with Gasteiger partial charge in [-0.25, -0.2) is 0 Å². The van der Waals surface area contributed by atoms with Gasteiger partial charge in [-0.2, -0.15) is 4.57 Å². The van der Waals surface area contributed by atoms with E-state index < -0.39 is 0 Å². The number of benzene rings is 3. The van der Waals surface area contributed by atoms with Crippen LogP contribution in [0.3, 0.4) is 0 Å². The first kappa shape index (κ1) is 31.6. The molecule has 0 spiro atoms. The summed E-state index contributed by atoms with van der Waals surface area (Å²) in [5.41, 5.74) is 4.78. The van der Waals surface area contributed by atoms with Crippen LogP contribution in [0.1, 0.15) is 31.7 Å². The molecule has 5 rings (SSSR count). The summed E-state index contributed by atoms with van der Waals surface area (Å²) in [5, 5.41) is 2.43. The molecule has 0 bridgehead atoms. The second-order valence-corrected chi connectivity index (χ2v) is 11.7. The summed E-state index contributed by atoms with van der Waals surface area (Å²) in [6.07, 6.45) is 5.77. The topological polar surface area (TPSA) is 22.8 Å². The number of hydrogen-bond acceptors (Lipinski definition) is 5. The van der Waals surface area contributed by atoms with E-state index in [2.05, 4.69) is 132 Å². The van der Waals surface area contributed by atoms with E-state index in [1.807, 2.05) is 11.8 Å². The van der Waals surface area contributed by atoms with E-state index in [0.717, 1.165) is 55.9 Å². The summed E-state index contributed by atoms with van der Waals surface area (Å²) in [4.78, 5) is 8.46. The molecule has 0 saturated heterocycles. The fraction of sp³-hybridized carbons (Fsp3) is 0.324. The van der Waals surface area contributed by atoms with Gasteiger partial charge in [0.25, 0.3) is 5.82 Å². The SMILES string of the molecule is CCCCN(CCCN(C)C)c1cc(C=C2Sc3ccccc3N2C)c2ccc(OC)cc2[n+]1-c1ccccc1.[Y]. The minimum absolute atomic E-state index is 0. The summed E-state index contributed by atoms with van der Waals surface area (Å²) in [7, 11) is 8.22. The third-order valence-corrected chi connectivity index (χ3v) is 8.64. The van der Waals surface area contributed by atoms with E-state index in [-0.39, 0.29) is 32.7 Å². The van der Waals surface area contributed by atoms with E-state index in [1.54, 1.807) is 7.11 Å². The van der Waals surface area contributed by atoms with E-state index >= 15 is 0 Å². The van der Waals surface area contributed by atoms with Crippen LogP contribution >= 0.6 is 11.8 Å². The molecule has 1 radical (unpaired) electrons. The second kappa shape index (κ2) is 14.7. The van der Waals surface area contributed by atoms with Crippen LogP contribution in [0.15, 0.2) is 88.8 Å². The zero-order valence-corrected chi connectivity index (χ0v) is 28.7. The van der Waals surface area contributed by atoms with Gasteiger partial charge in [0.2, 0.25) is 0 Å². The molecule has 0 saturated carbocycles. The molecule has 0 amide bonds. The van der Waals surface area contributed by atoms with Crippen LogP contribution in [-0.4, -0.2) is 52.8 Å². The first-order valence-electron chi connectivity index (χ1n) is 14.2. The van der Waals surface area contributed by atoms with Crippen molar-refractivity contribution in [3.05, 3.63) is 89.5 Å². The number of rotatable bonds is 11. The van der Waals surface area contributed by atoms with Crippen LogP contribution in [0.5, 0.6) is 5.75 Å². The molecule has 1 aliphatic rings. The van der Waals surface area contributed by atoms with Crippen molar-refractivity contribution in [2.45, 2.75) is 31.1 Å². The van der Waals surface area contributed by atoms with Crippen molar-refractivity contribution < 1.29 is 42.0 Å². The number of ether oxygens (including phenoxy) is 1. The molecule has 1 aliphatic heterocycles. The third-order valence-electron chi connectivity index (χ3n) is 7.47. The standard InChI is InChI=1S/C34H41N4OS.Y/c1-6-7-21-37(22-13-20-35(2)3)33-23-26(24-34-36(4)30-16-11-12-17-32(30)40-34)29-19-18-28(39-5)25-31(29)38(33)27-14-9-8-10-15-27;/h8-12,14-19,23-25H,6-7,13,20-22H2,1-5H3;/q+1;. The molecular weight excluding hydrogens is 601 g/mol. The van der Waals surface area contributed by atoms with Crippen LogP contribution in [0.2, 0.25) is 0 Å². The monoisotopic (exact) mass is 642 g/mol. The molecule has 1 aromatic heterocycles. The maximum atomic E-state index is 5.74. The summed E-state index contributed by atoms with van der Waals surface area (Å²) < 4.78 is 8.16. The summed E-state index contributed by atoms with van der Waals surface area (Å²) in [6, 6.07) is 28.2. The molecule has 4 aromatic rings. The van der Waals surface area contributed by atoms with Gasteiger partial charge in [0.15, 0.2) is 0 Å². The Morgan fingerprint density at radius 3 is 2.34 bits per heavy atom. The predicted octanol–water partition coefficient (Wildman–Crippen LogP) is 7.22. The van der Waals surface area contributed by atoms with E-state index in [1.165, 1.54) is 32.4 Å². The van der Waals surface area contributed by atoms with Gasteiger partial charge in [-0.15, -0.1) is 0 Å². The molecule has 211 valence electrons. The van der Waals surface area contributed by atoms with Crippen molar-refractivity contribution >= 4 is 40.2 Å². The molecule has 2 heterocycles. The van der Waals surface area contributed by atoms with Crippen LogP contribution in [0, 0.1) is 0 Å². The summed E-state index contributed by atoms with van der Waals surface area (Å²) in [5.74, 6) is 2.08. The fourth-order valence-electron chi connectivity index (χ4n) is 5.32. The largest absolute Gasteiger partial charge is 0.497 e. The number of methoxy groups -OCH3 is 1. The number of aromatic nitrogens is 1. The molecule has 0 atom stereocenters. The van der Waals surface area contributed by atoms with Gasteiger partial charge in [-0.05, 0) is 75.0 Å². The number of unbranched alkanes of at least 4 members (excludes halogenated alkanes) is 1. The van der Waals surface area contributed by atoms with Crippen LogP contribution in [-0.2, 0) is 32.7 Å². The van der Waals surface area contributed by atoms with E-state index in [0.29, 0.717) is 0 Å². The van der Waals surface area contributed by atoms with Gasteiger partial charge in [0.1, 0.15) is 17.0 Å². The number of anilines is 2. The van der Waals surface area contributed by atoms with Crippen molar-refractivity contribution in [3.8, 4) is 11.4 Å². The molecular formula is C34H41N4OSY+. The Bertz CT molecular complexity index is 1490. The summed E-state index contributed by atoms with van der Waals surface area (Å²) in [6.45, 7) is 5.35. The maximum Gasteiger partial charge on any atom is 0.282 e. The summed E-state index contributed by atoms with van der Waals surface area (Å²) >= 11 is 1.84. The van der Waals surface area contributed by atoms with Gasteiger partial charge in [0.05, 0.1) is 30.9 Å². The maximum absolute atomic E-state index is 5.74. The number of thioether (sulfide) groups is 1. The van der Waals surface area contributed by atoms with Crippen LogP contribution < -0.4 is 19.1 Å². The first-order chi connectivity index (χ1) is 19.5. The number of pyridine rings is 1. The van der Waals surface area contributed by atoms with Gasteiger partial charge in [-0.3, -0.25) is 4.90 Å².